The number of aromatic amines is 1. The van der Waals surface area contributed by atoms with Gasteiger partial charge in [0.05, 0.1) is 18.7 Å². The number of anilines is 1. The zero-order valence-corrected chi connectivity index (χ0v) is 13.8. The number of methoxy groups -OCH3 is 1. The molecular formula is C17H23N3O3. The van der Waals surface area contributed by atoms with Crippen LogP contribution in [0.15, 0.2) is 18.2 Å². The molecule has 0 bridgehead atoms. The average Bonchev–Trinajstić information content (AvgIpc) is 2.99. The summed E-state index contributed by atoms with van der Waals surface area (Å²) in [5, 5.41) is 4.25. The van der Waals surface area contributed by atoms with Crippen molar-refractivity contribution in [3.05, 3.63) is 23.9 Å². The van der Waals surface area contributed by atoms with E-state index in [1.165, 1.54) is 7.11 Å². The number of ether oxygens (including phenoxy) is 2. The summed E-state index contributed by atoms with van der Waals surface area (Å²) in [7, 11) is 1.38. The van der Waals surface area contributed by atoms with Crippen LogP contribution in [0.4, 0.5) is 5.69 Å². The maximum Gasteiger partial charge on any atom is 0.354 e. The van der Waals surface area contributed by atoms with Gasteiger partial charge < -0.3 is 24.7 Å². The van der Waals surface area contributed by atoms with Gasteiger partial charge in [0.2, 0.25) is 0 Å². The Morgan fingerprint density at radius 1 is 1.22 bits per heavy atom. The van der Waals surface area contributed by atoms with Crippen molar-refractivity contribution >= 4 is 22.6 Å². The molecule has 0 radical (unpaired) electrons. The number of piperazine rings is 1. The van der Waals surface area contributed by atoms with E-state index in [-0.39, 0.29) is 12.1 Å². The number of aromatic nitrogens is 1. The first-order chi connectivity index (χ1) is 11.1. The minimum absolute atomic E-state index is 0.0629. The van der Waals surface area contributed by atoms with Crippen molar-refractivity contribution < 1.29 is 14.3 Å². The second-order valence-corrected chi connectivity index (χ2v) is 5.98. The highest BCUT2D eigenvalue weighted by Crippen LogP contribution is 2.33. The van der Waals surface area contributed by atoms with Crippen molar-refractivity contribution in [2.45, 2.75) is 20.0 Å². The summed E-state index contributed by atoms with van der Waals surface area (Å²) in [6.07, 6.45) is 0.0629. The number of hydrogen-bond acceptors (Lipinski definition) is 5. The Bertz CT molecular complexity index is 702. The van der Waals surface area contributed by atoms with Crippen LogP contribution in [-0.2, 0) is 4.74 Å². The van der Waals surface area contributed by atoms with Gasteiger partial charge in [-0.1, -0.05) is 0 Å². The number of nitrogens with zero attached hydrogens (tertiary/aromatic N) is 1. The number of H-pyrrole nitrogens is 1. The van der Waals surface area contributed by atoms with E-state index < -0.39 is 0 Å². The van der Waals surface area contributed by atoms with E-state index in [0.717, 1.165) is 48.5 Å². The van der Waals surface area contributed by atoms with Gasteiger partial charge in [-0.3, -0.25) is 0 Å². The SMILES string of the molecule is COC(=O)c1cc2c(OC(C)C)cc(N3CCNCC3)cc2[nH]1. The Hall–Kier alpha value is -2.21. The molecule has 6 heteroatoms. The molecule has 6 nitrogen and oxygen atoms in total. The Morgan fingerprint density at radius 2 is 1.96 bits per heavy atom. The maximum atomic E-state index is 11.8. The Morgan fingerprint density at radius 3 is 2.61 bits per heavy atom. The van der Waals surface area contributed by atoms with Gasteiger partial charge in [-0.2, -0.15) is 0 Å². The van der Waals surface area contributed by atoms with E-state index in [2.05, 4.69) is 27.3 Å². The average molecular weight is 317 g/mol. The third-order valence-corrected chi connectivity index (χ3v) is 3.93. The monoisotopic (exact) mass is 317 g/mol. The molecule has 0 atom stereocenters. The number of esters is 1. The standard InChI is InChI=1S/C17H23N3O3/c1-11(2)23-16-9-12(20-6-4-18-5-7-20)8-14-13(16)10-15(19-14)17(21)22-3/h8-11,18-19H,4-7H2,1-3H3. The molecule has 1 saturated heterocycles. The van der Waals surface area contributed by atoms with Gasteiger partial charge in [0.1, 0.15) is 11.4 Å². The molecule has 1 aromatic heterocycles. The van der Waals surface area contributed by atoms with E-state index in [4.69, 9.17) is 9.47 Å². The fourth-order valence-electron chi connectivity index (χ4n) is 2.87. The second kappa shape index (κ2) is 6.50. The molecule has 0 amide bonds. The van der Waals surface area contributed by atoms with Crippen molar-refractivity contribution in [1.82, 2.24) is 10.3 Å². The van der Waals surface area contributed by atoms with E-state index >= 15 is 0 Å². The van der Waals surface area contributed by atoms with Crippen LogP contribution < -0.4 is 15.0 Å². The van der Waals surface area contributed by atoms with Crippen LogP contribution in [0.3, 0.4) is 0 Å². The molecule has 0 saturated carbocycles. The van der Waals surface area contributed by atoms with Crippen molar-refractivity contribution in [1.29, 1.82) is 0 Å². The molecule has 1 aliphatic rings. The number of nitrogens with one attached hydrogen (secondary N) is 2. The van der Waals surface area contributed by atoms with Gasteiger partial charge in [0, 0.05) is 43.3 Å². The number of carbonyl (C=O) groups excluding carboxylic acids is 1. The molecule has 0 unspecified atom stereocenters. The largest absolute Gasteiger partial charge is 0.490 e. The van der Waals surface area contributed by atoms with Crippen molar-refractivity contribution in [3.63, 3.8) is 0 Å². The highest BCUT2D eigenvalue weighted by atomic mass is 16.5. The first-order valence-corrected chi connectivity index (χ1v) is 7.96. The lowest BCUT2D eigenvalue weighted by atomic mass is 10.1. The topological polar surface area (TPSA) is 66.6 Å². The lowest BCUT2D eigenvalue weighted by molar-refractivity contribution is 0.0595. The summed E-state index contributed by atoms with van der Waals surface area (Å²) in [5.41, 5.74) is 2.43. The predicted molar refractivity (Wildman–Crippen MR) is 90.5 cm³/mol. The fraction of sp³-hybridized carbons (Fsp3) is 0.471. The third kappa shape index (κ3) is 3.27. The molecule has 3 rings (SSSR count). The zero-order valence-electron chi connectivity index (χ0n) is 13.8. The van der Waals surface area contributed by atoms with Crippen LogP contribution in [-0.4, -0.2) is 50.3 Å². The van der Waals surface area contributed by atoms with Gasteiger partial charge in [0.15, 0.2) is 0 Å². The number of hydrogen-bond donors (Lipinski definition) is 2. The minimum Gasteiger partial charge on any atom is -0.490 e. The van der Waals surface area contributed by atoms with Gasteiger partial charge in [-0.25, -0.2) is 4.79 Å². The van der Waals surface area contributed by atoms with Gasteiger partial charge in [-0.15, -0.1) is 0 Å². The number of fused-ring (bicyclic) bond motifs is 1. The Balaban J connectivity index is 2.06. The predicted octanol–water partition coefficient (Wildman–Crippen LogP) is 2.15. The number of rotatable bonds is 4. The van der Waals surface area contributed by atoms with Crippen molar-refractivity contribution in [2.24, 2.45) is 0 Å². The summed E-state index contributed by atoms with van der Waals surface area (Å²) in [5.74, 6) is 0.415. The molecule has 2 N–H and O–H groups in total. The highest BCUT2D eigenvalue weighted by molar-refractivity contribution is 5.98. The van der Waals surface area contributed by atoms with E-state index in [9.17, 15) is 4.79 Å². The molecule has 23 heavy (non-hydrogen) atoms. The third-order valence-electron chi connectivity index (χ3n) is 3.93. The normalized spacial score (nSPS) is 15.2. The Labute approximate surface area is 135 Å². The molecule has 1 aromatic carbocycles. The highest BCUT2D eigenvalue weighted by Gasteiger charge is 2.18. The lowest BCUT2D eigenvalue weighted by Crippen LogP contribution is -2.43. The smallest absolute Gasteiger partial charge is 0.354 e. The zero-order chi connectivity index (χ0) is 16.4. The fourth-order valence-corrected chi connectivity index (χ4v) is 2.87. The quantitative estimate of drug-likeness (QED) is 0.846. The summed E-state index contributed by atoms with van der Waals surface area (Å²) in [6.45, 7) is 7.84. The first kappa shape index (κ1) is 15.7. The van der Waals surface area contributed by atoms with E-state index in [1.807, 2.05) is 13.8 Å². The molecular weight excluding hydrogens is 294 g/mol. The molecule has 0 spiro atoms. The van der Waals surface area contributed by atoms with Gasteiger partial charge >= 0.3 is 5.97 Å². The van der Waals surface area contributed by atoms with Gasteiger partial charge in [0.25, 0.3) is 0 Å². The maximum absolute atomic E-state index is 11.8. The van der Waals surface area contributed by atoms with Crippen LogP contribution in [0.5, 0.6) is 5.75 Å². The second-order valence-electron chi connectivity index (χ2n) is 5.98. The summed E-state index contributed by atoms with van der Waals surface area (Å²) < 4.78 is 10.8. The number of benzene rings is 1. The van der Waals surface area contributed by atoms with Gasteiger partial charge in [-0.05, 0) is 26.0 Å². The van der Waals surface area contributed by atoms with Crippen LogP contribution in [0.2, 0.25) is 0 Å². The van der Waals surface area contributed by atoms with Crippen LogP contribution >= 0.6 is 0 Å². The minimum atomic E-state index is -0.375. The molecule has 0 aliphatic carbocycles. The summed E-state index contributed by atoms with van der Waals surface area (Å²) in [6, 6.07) is 5.92. The Kier molecular flexibility index (Phi) is 4.43. The summed E-state index contributed by atoms with van der Waals surface area (Å²) >= 11 is 0. The first-order valence-electron chi connectivity index (χ1n) is 7.96. The van der Waals surface area contributed by atoms with Crippen LogP contribution in [0.1, 0.15) is 24.3 Å². The van der Waals surface area contributed by atoms with E-state index in [0.29, 0.717) is 5.69 Å². The van der Waals surface area contributed by atoms with Crippen molar-refractivity contribution in [2.75, 3.05) is 38.2 Å². The van der Waals surface area contributed by atoms with Crippen LogP contribution in [0, 0.1) is 0 Å². The van der Waals surface area contributed by atoms with E-state index in [1.54, 1.807) is 6.07 Å². The number of carbonyl (C=O) groups is 1. The van der Waals surface area contributed by atoms with Crippen LogP contribution in [0.25, 0.3) is 10.9 Å². The molecule has 1 fully saturated rings. The molecule has 2 heterocycles. The summed E-state index contributed by atoms with van der Waals surface area (Å²) in [4.78, 5) is 17.3. The molecule has 1 aliphatic heterocycles. The molecule has 124 valence electrons. The molecule has 2 aromatic rings. The lowest BCUT2D eigenvalue weighted by Gasteiger charge is -2.30. The van der Waals surface area contributed by atoms with Crippen molar-refractivity contribution in [3.8, 4) is 5.75 Å².